The van der Waals surface area contributed by atoms with Gasteiger partial charge in [0.15, 0.2) is 4.96 Å². The van der Waals surface area contributed by atoms with E-state index in [4.69, 9.17) is 0 Å². The number of carbonyl (C=O) groups excluding carboxylic acids is 1. The molecule has 0 saturated carbocycles. The fourth-order valence-electron chi connectivity index (χ4n) is 3.15. The molecule has 10 heteroatoms. The Morgan fingerprint density at radius 1 is 1.16 bits per heavy atom. The number of anilines is 1. The zero-order chi connectivity index (χ0) is 21.2. The lowest BCUT2D eigenvalue weighted by Crippen LogP contribution is -2.15. The molecular formula is C21H16N6O2S2. The highest BCUT2D eigenvalue weighted by Gasteiger charge is 2.08. The van der Waals surface area contributed by atoms with Gasteiger partial charge >= 0.3 is 0 Å². The lowest BCUT2D eigenvalue weighted by Gasteiger charge is -2.07. The Hall–Kier alpha value is -3.50. The number of nitrogens with zero attached hydrogens (tertiary/aromatic N) is 5. The van der Waals surface area contributed by atoms with Crippen LogP contribution in [0.1, 0.15) is 5.69 Å². The van der Waals surface area contributed by atoms with Gasteiger partial charge in [0, 0.05) is 23.4 Å². The first kappa shape index (κ1) is 19.5. The number of hydrogen-bond acceptors (Lipinski definition) is 7. The molecule has 0 bridgehead atoms. The van der Waals surface area contributed by atoms with E-state index in [1.165, 1.54) is 33.6 Å². The number of aromatic nitrogens is 5. The standard InChI is InChI=1S/C21H16N6O2S2/c28-19(12-30-11-15-9-20(29)26-7-8-31-21(26)25-15)24-14-5-6-18(22-10-14)27-13-23-16-3-1-2-4-17(16)27/h1-10,13H,11-12H2,(H,24,28). The largest absolute Gasteiger partial charge is 0.324 e. The van der Waals surface area contributed by atoms with Gasteiger partial charge < -0.3 is 5.32 Å². The van der Waals surface area contributed by atoms with Crippen LogP contribution in [0.2, 0.25) is 0 Å². The third kappa shape index (κ3) is 4.07. The van der Waals surface area contributed by atoms with Gasteiger partial charge in [-0.3, -0.25) is 18.6 Å². The minimum absolute atomic E-state index is 0.108. The molecule has 8 nitrogen and oxygen atoms in total. The number of thioether (sulfide) groups is 1. The van der Waals surface area contributed by atoms with Crippen LogP contribution < -0.4 is 10.9 Å². The van der Waals surface area contributed by atoms with Gasteiger partial charge in [-0.15, -0.1) is 23.1 Å². The number of hydrogen-bond donors (Lipinski definition) is 1. The summed E-state index contributed by atoms with van der Waals surface area (Å²) in [6.45, 7) is 0. The fraction of sp³-hybridized carbons (Fsp3) is 0.0952. The molecule has 1 amide bonds. The van der Waals surface area contributed by atoms with Crippen LogP contribution in [-0.2, 0) is 10.5 Å². The van der Waals surface area contributed by atoms with Gasteiger partial charge in [0.1, 0.15) is 12.1 Å². The van der Waals surface area contributed by atoms with Gasteiger partial charge in [0.2, 0.25) is 5.91 Å². The van der Waals surface area contributed by atoms with E-state index in [1.54, 1.807) is 18.7 Å². The van der Waals surface area contributed by atoms with Crippen LogP contribution in [0.5, 0.6) is 0 Å². The molecular weight excluding hydrogens is 432 g/mol. The van der Waals surface area contributed by atoms with Crippen molar-refractivity contribution in [1.29, 1.82) is 0 Å². The van der Waals surface area contributed by atoms with Gasteiger partial charge in [-0.05, 0) is 24.3 Å². The van der Waals surface area contributed by atoms with E-state index in [9.17, 15) is 9.59 Å². The smallest absolute Gasteiger partial charge is 0.258 e. The number of para-hydroxylation sites is 2. The Bertz CT molecular complexity index is 1440. The van der Waals surface area contributed by atoms with Crippen molar-refractivity contribution in [2.45, 2.75) is 5.75 Å². The predicted octanol–water partition coefficient (Wildman–Crippen LogP) is 3.36. The van der Waals surface area contributed by atoms with Crippen molar-refractivity contribution < 1.29 is 4.79 Å². The first-order chi connectivity index (χ1) is 15.2. The molecule has 5 aromatic rings. The lowest BCUT2D eigenvalue weighted by atomic mass is 10.3. The maximum Gasteiger partial charge on any atom is 0.258 e. The van der Waals surface area contributed by atoms with E-state index in [0.717, 1.165) is 16.9 Å². The first-order valence-electron chi connectivity index (χ1n) is 9.39. The zero-order valence-electron chi connectivity index (χ0n) is 16.1. The predicted molar refractivity (Wildman–Crippen MR) is 123 cm³/mol. The van der Waals surface area contributed by atoms with Crippen LogP contribution in [-0.4, -0.2) is 35.6 Å². The number of thiazole rings is 1. The summed E-state index contributed by atoms with van der Waals surface area (Å²) >= 11 is 2.81. The van der Waals surface area contributed by atoms with Crippen molar-refractivity contribution in [2.24, 2.45) is 0 Å². The maximum absolute atomic E-state index is 12.3. The molecule has 0 fully saturated rings. The number of imidazole rings is 1. The van der Waals surface area contributed by atoms with Crippen LogP contribution in [0.25, 0.3) is 21.8 Å². The Morgan fingerprint density at radius 2 is 2.06 bits per heavy atom. The quantitative estimate of drug-likeness (QED) is 0.428. The van der Waals surface area contributed by atoms with Crippen LogP contribution in [0.15, 0.2) is 71.4 Å². The monoisotopic (exact) mass is 448 g/mol. The van der Waals surface area contributed by atoms with Crippen LogP contribution in [0.3, 0.4) is 0 Å². The van der Waals surface area contributed by atoms with Gasteiger partial charge in [-0.1, -0.05) is 12.1 Å². The van der Waals surface area contributed by atoms with Gasteiger partial charge in [-0.2, -0.15) is 0 Å². The average Bonchev–Trinajstić information content (AvgIpc) is 3.42. The summed E-state index contributed by atoms with van der Waals surface area (Å²) in [6.07, 6.45) is 5.06. The summed E-state index contributed by atoms with van der Waals surface area (Å²) in [5.74, 6) is 1.32. The summed E-state index contributed by atoms with van der Waals surface area (Å²) < 4.78 is 3.41. The number of fused-ring (bicyclic) bond motifs is 2. The summed E-state index contributed by atoms with van der Waals surface area (Å²) in [4.78, 5) is 38.2. The highest BCUT2D eigenvalue weighted by molar-refractivity contribution is 7.99. The number of amides is 1. The van der Waals surface area contributed by atoms with Gasteiger partial charge in [0.05, 0.1) is 34.4 Å². The van der Waals surface area contributed by atoms with Crippen molar-refractivity contribution in [1.82, 2.24) is 23.9 Å². The molecule has 154 valence electrons. The third-order valence-corrected chi connectivity index (χ3v) is 6.29. The third-order valence-electron chi connectivity index (χ3n) is 4.57. The van der Waals surface area contributed by atoms with Crippen molar-refractivity contribution in [3.05, 3.63) is 82.6 Å². The zero-order valence-corrected chi connectivity index (χ0v) is 17.8. The summed E-state index contributed by atoms with van der Waals surface area (Å²) in [7, 11) is 0. The molecule has 0 aliphatic rings. The van der Waals surface area contributed by atoms with E-state index in [2.05, 4.69) is 20.3 Å². The molecule has 1 aromatic carbocycles. The van der Waals surface area contributed by atoms with E-state index >= 15 is 0 Å². The summed E-state index contributed by atoms with van der Waals surface area (Å²) in [6, 6.07) is 13.0. The minimum Gasteiger partial charge on any atom is -0.324 e. The lowest BCUT2D eigenvalue weighted by molar-refractivity contribution is -0.113. The first-order valence-corrected chi connectivity index (χ1v) is 11.4. The normalized spacial score (nSPS) is 11.2. The summed E-state index contributed by atoms with van der Waals surface area (Å²) in [5, 5.41) is 4.67. The van der Waals surface area contributed by atoms with Gasteiger partial charge in [-0.25, -0.2) is 15.0 Å². The van der Waals surface area contributed by atoms with Crippen LogP contribution in [0.4, 0.5) is 5.69 Å². The Kier molecular flexibility index (Phi) is 5.23. The second-order valence-electron chi connectivity index (χ2n) is 6.69. The molecule has 0 atom stereocenters. The molecule has 0 spiro atoms. The van der Waals surface area contributed by atoms with E-state index in [-0.39, 0.29) is 17.2 Å². The second-order valence-corrected chi connectivity index (χ2v) is 8.55. The molecule has 0 aliphatic carbocycles. The highest BCUT2D eigenvalue weighted by atomic mass is 32.2. The van der Waals surface area contributed by atoms with Crippen molar-refractivity contribution in [2.75, 3.05) is 11.1 Å². The topological polar surface area (TPSA) is 94.2 Å². The van der Waals surface area contributed by atoms with Crippen LogP contribution in [0, 0.1) is 0 Å². The van der Waals surface area contributed by atoms with E-state index < -0.39 is 0 Å². The van der Waals surface area contributed by atoms with Crippen molar-refractivity contribution >= 4 is 50.7 Å². The molecule has 5 rings (SSSR count). The maximum atomic E-state index is 12.3. The molecule has 0 radical (unpaired) electrons. The molecule has 0 saturated heterocycles. The number of pyridine rings is 1. The molecule has 0 unspecified atom stereocenters. The number of carbonyl (C=O) groups is 1. The van der Waals surface area contributed by atoms with Crippen LogP contribution >= 0.6 is 23.1 Å². The van der Waals surface area contributed by atoms with Gasteiger partial charge in [0.25, 0.3) is 5.56 Å². The average molecular weight is 449 g/mol. The molecule has 4 aromatic heterocycles. The van der Waals surface area contributed by atoms with E-state index in [0.29, 0.717) is 22.1 Å². The Balaban J connectivity index is 1.19. The highest BCUT2D eigenvalue weighted by Crippen LogP contribution is 2.18. The van der Waals surface area contributed by atoms with Crippen molar-refractivity contribution in [3.8, 4) is 5.82 Å². The molecule has 4 heterocycles. The summed E-state index contributed by atoms with van der Waals surface area (Å²) in [5.41, 5.74) is 3.05. The van der Waals surface area contributed by atoms with Crippen molar-refractivity contribution in [3.63, 3.8) is 0 Å². The molecule has 31 heavy (non-hydrogen) atoms. The number of benzene rings is 1. The number of nitrogens with one attached hydrogen (secondary N) is 1. The Labute approximate surface area is 184 Å². The SMILES string of the molecule is O=C(CSCc1cc(=O)n2ccsc2n1)Nc1ccc(-n2cnc3ccccc32)nc1. The van der Waals surface area contributed by atoms with E-state index in [1.807, 2.05) is 46.3 Å². The second kappa shape index (κ2) is 8.32. The molecule has 0 aliphatic heterocycles. The number of rotatable bonds is 6. The molecule has 1 N–H and O–H groups in total. The Morgan fingerprint density at radius 3 is 2.94 bits per heavy atom. The minimum atomic E-state index is -0.137. The fourth-order valence-corrected chi connectivity index (χ4v) is 4.61.